The maximum absolute atomic E-state index is 11.9. The van der Waals surface area contributed by atoms with E-state index in [9.17, 15) is 4.79 Å². The van der Waals surface area contributed by atoms with Crippen LogP contribution in [0.3, 0.4) is 0 Å². The smallest absolute Gasteiger partial charge is 0.225 e. The molecule has 2 aliphatic rings. The van der Waals surface area contributed by atoms with Crippen LogP contribution in [0.25, 0.3) is 0 Å². The first-order chi connectivity index (χ1) is 8.87. The number of carbonyl (C=O) groups is 1. The monoisotopic (exact) mass is 266 g/mol. The first-order valence-electron chi connectivity index (χ1n) is 7.92. The first kappa shape index (κ1) is 14.8. The lowest BCUT2D eigenvalue weighted by Crippen LogP contribution is -2.48. The minimum absolute atomic E-state index is 0.139. The molecule has 2 rings (SSSR count). The van der Waals surface area contributed by atoms with E-state index in [-0.39, 0.29) is 5.92 Å². The van der Waals surface area contributed by atoms with Crippen LogP contribution >= 0.6 is 0 Å². The molecule has 1 heterocycles. The Bertz CT molecular complexity index is 317. The topological polar surface area (TPSA) is 32.3 Å². The van der Waals surface area contributed by atoms with Crippen molar-refractivity contribution in [3.05, 3.63) is 0 Å². The molecule has 1 aliphatic heterocycles. The second kappa shape index (κ2) is 5.82. The Hall–Kier alpha value is -0.570. The standard InChI is InChI=1S/C16H30N2O/c1-12(2)15(19)18-9-6-13(7-10-18)17-14-5-8-16(3,4)11-14/h12-14,17H,5-11H2,1-4H3. The van der Waals surface area contributed by atoms with Crippen LogP contribution in [-0.4, -0.2) is 36.0 Å². The molecule has 2 fully saturated rings. The Morgan fingerprint density at radius 1 is 1.16 bits per heavy atom. The molecular formula is C16H30N2O. The van der Waals surface area contributed by atoms with E-state index in [0.29, 0.717) is 23.4 Å². The summed E-state index contributed by atoms with van der Waals surface area (Å²) < 4.78 is 0. The van der Waals surface area contributed by atoms with Crippen LogP contribution in [0, 0.1) is 11.3 Å². The maximum atomic E-state index is 11.9. The molecular weight excluding hydrogens is 236 g/mol. The maximum Gasteiger partial charge on any atom is 0.225 e. The van der Waals surface area contributed by atoms with Gasteiger partial charge < -0.3 is 10.2 Å². The van der Waals surface area contributed by atoms with Gasteiger partial charge in [-0.15, -0.1) is 0 Å². The molecule has 0 aromatic heterocycles. The summed E-state index contributed by atoms with van der Waals surface area (Å²) in [5.74, 6) is 0.459. The molecule has 110 valence electrons. The van der Waals surface area contributed by atoms with Gasteiger partial charge in [-0.3, -0.25) is 4.79 Å². The molecule has 1 aliphatic carbocycles. The Morgan fingerprint density at radius 3 is 2.26 bits per heavy atom. The summed E-state index contributed by atoms with van der Waals surface area (Å²) in [5, 5.41) is 3.82. The van der Waals surface area contributed by atoms with Gasteiger partial charge in [0.2, 0.25) is 5.91 Å². The molecule has 19 heavy (non-hydrogen) atoms. The van der Waals surface area contributed by atoms with Gasteiger partial charge in [0, 0.05) is 31.1 Å². The lowest BCUT2D eigenvalue weighted by atomic mass is 9.91. The number of nitrogens with one attached hydrogen (secondary N) is 1. The summed E-state index contributed by atoms with van der Waals surface area (Å²) in [7, 11) is 0. The van der Waals surface area contributed by atoms with Crippen molar-refractivity contribution in [1.82, 2.24) is 10.2 Å². The zero-order chi connectivity index (χ0) is 14.0. The normalized spacial score (nSPS) is 28.1. The van der Waals surface area contributed by atoms with Crippen molar-refractivity contribution in [3.8, 4) is 0 Å². The third-order valence-corrected chi connectivity index (χ3v) is 4.74. The largest absolute Gasteiger partial charge is 0.342 e. The molecule has 0 aromatic rings. The second-order valence-electron chi connectivity index (χ2n) is 7.52. The quantitative estimate of drug-likeness (QED) is 0.852. The number of rotatable bonds is 3. The van der Waals surface area contributed by atoms with Crippen molar-refractivity contribution >= 4 is 5.91 Å². The highest BCUT2D eigenvalue weighted by Crippen LogP contribution is 2.37. The Kier molecular flexibility index (Phi) is 4.54. The number of amides is 1. The van der Waals surface area contributed by atoms with Crippen LogP contribution in [0.1, 0.15) is 59.8 Å². The van der Waals surface area contributed by atoms with Gasteiger partial charge in [0.05, 0.1) is 0 Å². The summed E-state index contributed by atoms with van der Waals surface area (Å²) in [6.07, 6.45) is 6.20. The predicted octanol–water partition coefficient (Wildman–Crippen LogP) is 2.80. The molecule has 3 heteroatoms. The van der Waals surface area contributed by atoms with Crippen molar-refractivity contribution in [2.75, 3.05) is 13.1 Å². The minimum atomic E-state index is 0.139. The highest BCUT2D eigenvalue weighted by molar-refractivity contribution is 5.78. The second-order valence-corrected chi connectivity index (χ2v) is 7.52. The molecule has 1 saturated carbocycles. The molecule has 0 aromatic carbocycles. The highest BCUT2D eigenvalue weighted by atomic mass is 16.2. The Morgan fingerprint density at radius 2 is 1.79 bits per heavy atom. The zero-order valence-corrected chi connectivity index (χ0v) is 13.0. The van der Waals surface area contributed by atoms with Crippen LogP contribution in [0.2, 0.25) is 0 Å². The molecule has 1 saturated heterocycles. The SMILES string of the molecule is CC(C)C(=O)N1CCC(NC2CCC(C)(C)C2)CC1. The van der Waals surface area contributed by atoms with E-state index in [1.54, 1.807) is 0 Å². The van der Waals surface area contributed by atoms with Gasteiger partial charge in [-0.2, -0.15) is 0 Å². The van der Waals surface area contributed by atoms with Gasteiger partial charge in [-0.25, -0.2) is 0 Å². The summed E-state index contributed by atoms with van der Waals surface area (Å²) in [6.45, 7) is 10.6. The molecule has 1 atom stereocenters. The average molecular weight is 266 g/mol. The molecule has 0 bridgehead atoms. The van der Waals surface area contributed by atoms with Crippen LogP contribution in [-0.2, 0) is 4.79 Å². The van der Waals surface area contributed by atoms with Crippen LogP contribution < -0.4 is 5.32 Å². The molecule has 3 nitrogen and oxygen atoms in total. The summed E-state index contributed by atoms with van der Waals surface area (Å²) >= 11 is 0. The van der Waals surface area contributed by atoms with Gasteiger partial charge in [0.1, 0.15) is 0 Å². The Labute approximate surface area is 118 Å². The Balaban J connectivity index is 1.74. The van der Waals surface area contributed by atoms with Crippen molar-refractivity contribution in [1.29, 1.82) is 0 Å². The fourth-order valence-electron chi connectivity index (χ4n) is 3.54. The molecule has 0 radical (unpaired) electrons. The third kappa shape index (κ3) is 3.95. The van der Waals surface area contributed by atoms with Crippen molar-refractivity contribution in [2.45, 2.75) is 71.9 Å². The molecule has 1 amide bonds. The van der Waals surface area contributed by atoms with Crippen LogP contribution in [0.4, 0.5) is 0 Å². The summed E-state index contributed by atoms with van der Waals surface area (Å²) in [4.78, 5) is 14.0. The van der Waals surface area contributed by atoms with Crippen LogP contribution in [0.15, 0.2) is 0 Å². The van der Waals surface area contributed by atoms with Crippen molar-refractivity contribution < 1.29 is 4.79 Å². The molecule has 1 N–H and O–H groups in total. The van der Waals surface area contributed by atoms with Gasteiger partial charge >= 0.3 is 0 Å². The number of piperidine rings is 1. The highest BCUT2D eigenvalue weighted by Gasteiger charge is 2.33. The van der Waals surface area contributed by atoms with Crippen molar-refractivity contribution in [3.63, 3.8) is 0 Å². The van der Waals surface area contributed by atoms with Crippen molar-refractivity contribution in [2.24, 2.45) is 11.3 Å². The summed E-state index contributed by atoms with van der Waals surface area (Å²) in [5.41, 5.74) is 0.520. The van der Waals surface area contributed by atoms with E-state index in [0.717, 1.165) is 25.9 Å². The number of nitrogens with zero attached hydrogens (tertiary/aromatic N) is 1. The number of hydrogen-bond acceptors (Lipinski definition) is 2. The number of carbonyl (C=O) groups excluding carboxylic acids is 1. The first-order valence-corrected chi connectivity index (χ1v) is 7.92. The lowest BCUT2D eigenvalue weighted by Gasteiger charge is -2.35. The third-order valence-electron chi connectivity index (χ3n) is 4.74. The van der Waals surface area contributed by atoms with E-state index >= 15 is 0 Å². The lowest BCUT2D eigenvalue weighted by molar-refractivity contribution is -0.135. The van der Waals surface area contributed by atoms with E-state index < -0.39 is 0 Å². The van der Waals surface area contributed by atoms with Crippen LogP contribution in [0.5, 0.6) is 0 Å². The summed E-state index contributed by atoms with van der Waals surface area (Å²) in [6, 6.07) is 1.32. The number of hydrogen-bond donors (Lipinski definition) is 1. The average Bonchev–Trinajstić information content (AvgIpc) is 2.68. The minimum Gasteiger partial charge on any atom is -0.342 e. The molecule has 1 unspecified atom stereocenters. The van der Waals surface area contributed by atoms with Gasteiger partial charge in [-0.05, 0) is 37.5 Å². The van der Waals surface area contributed by atoms with E-state index in [4.69, 9.17) is 0 Å². The van der Waals surface area contributed by atoms with Gasteiger partial charge in [0.15, 0.2) is 0 Å². The zero-order valence-electron chi connectivity index (χ0n) is 13.0. The molecule has 0 spiro atoms. The predicted molar refractivity (Wildman–Crippen MR) is 79.0 cm³/mol. The van der Waals surface area contributed by atoms with E-state index in [1.807, 2.05) is 18.7 Å². The van der Waals surface area contributed by atoms with Gasteiger partial charge in [0.25, 0.3) is 0 Å². The van der Waals surface area contributed by atoms with E-state index in [1.165, 1.54) is 19.3 Å². The van der Waals surface area contributed by atoms with E-state index in [2.05, 4.69) is 19.2 Å². The van der Waals surface area contributed by atoms with Gasteiger partial charge in [-0.1, -0.05) is 27.7 Å². The number of likely N-dealkylation sites (tertiary alicyclic amines) is 1. The fraction of sp³-hybridized carbons (Fsp3) is 0.938. The fourth-order valence-corrected chi connectivity index (χ4v) is 3.54.